The van der Waals surface area contributed by atoms with E-state index in [0.717, 1.165) is 22.3 Å². The van der Waals surface area contributed by atoms with Crippen LogP contribution in [0.4, 0.5) is 10.6 Å². The highest BCUT2D eigenvalue weighted by Gasteiger charge is 2.29. The summed E-state index contributed by atoms with van der Waals surface area (Å²) >= 11 is 0. The maximum absolute atomic E-state index is 12.6. The fourth-order valence-electron chi connectivity index (χ4n) is 4.41. The van der Waals surface area contributed by atoms with Crippen LogP contribution in [0.2, 0.25) is 0 Å². The Morgan fingerprint density at radius 2 is 1.71 bits per heavy atom. The van der Waals surface area contributed by atoms with E-state index >= 15 is 0 Å². The summed E-state index contributed by atoms with van der Waals surface area (Å²) in [6.45, 7) is 1.99. The van der Waals surface area contributed by atoms with Gasteiger partial charge in [0.2, 0.25) is 0 Å². The number of hydrogen-bond donors (Lipinski definition) is 3. The van der Waals surface area contributed by atoms with Gasteiger partial charge in [0.15, 0.2) is 5.82 Å². The molecule has 35 heavy (non-hydrogen) atoms. The summed E-state index contributed by atoms with van der Waals surface area (Å²) in [6.07, 6.45) is 0.413. The van der Waals surface area contributed by atoms with Gasteiger partial charge in [-0.3, -0.25) is 19.6 Å². The number of rotatable bonds is 9. The molecule has 1 aliphatic carbocycles. The zero-order valence-electron chi connectivity index (χ0n) is 19.7. The van der Waals surface area contributed by atoms with Crippen molar-refractivity contribution in [3.63, 3.8) is 0 Å². The van der Waals surface area contributed by atoms with Gasteiger partial charge in [-0.15, -0.1) is 0 Å². The van der Waals surface area contributed by atoms with E-state index in [0.29, 0.717) is 12.8 Å². The number of amides is 2. The minimum absolute atomic E-state index is 0.0548. The van der Waals surface area contributed by atoms with E-state index < -0.39 is 12.1 Å². The topological polar surface area (TPSA) is 123 Å². The van der Waals surface area contributed by atoms with Gasteiger partial charge >= 0.3 is 12.1 Å². The third kappa shape index (κ3) is 5.51. The molecule has 0 saturated carbocycles. The third-order valence-electron chi connectivity index (χ3n) is 6.09. The largest absolute Gasteiger partial charge is 0.481 e. The second-order valence-electron chi connectivity index (χ2n) is 8.65. The van der Waals surface area contributed by atoms with Crippen molar-refractivity contribution in [2.24, 2.45) is 7.05 Å². The number of carbonyl (C=O) groups excluding carboxylic acids is 2. The Morgan fingerprint density at radius 3 is 2.34 bits per heavy atom. The Morgan fingerprint density at radius 1 is 1.09 bits per heavy atom. The maximum atomic E-state index is 12.6. The number of anilines is 1. The lowest BCUT2D eigenvalue weighted by molar-refractivity contribution is -0.137. The summed E-state index contributed by atoms with van der Waals surface area (Å²) in [5.74, 6) is -1.07. The van der Waals surface area contributed by atoms with E-state index in [1.54, 1.807) is 7.05 Å². The number of aromatic nitrogens is 2. The molecule has 0 saturated heterocycles. The van der Waals surface area contributed by atoms with Gasteiger partial charge in [-0.25, -0.2) is 4.79 Å². The second kappa shape index (κ2) is 10.4. The van der Waals surface area contributed by atoms with Gasteiger partial charge in [-0.2, -0.15) is 5.10 Å². The van der Waals surface area contributed by atoms with Gasteiger partial charge in [0.25, 0.3) is 5.91 Å². The molecule has 2 amide bonds. The zero-order chi connectivity index (χ0) is 24.9. The van der Waals surface area contributed by atoms with Crippen molar-refractivity contribution in [1.29, 1.82) is 0 Å². The van der Waals surface area contributed by atoms with E-state index in [1.165, 1.54) is 10.7 Å². The van der Waals surface area contributed by atoms with Crippen LogP contribution in [0.25, 0.3) is 11.1 Å². The first-order chi connectivity index (χ1) is 16.8. The molecule has 0 radical (unpaired) electrons. The molecule has 0 bridgehead atoms. The Kier molecular flexibility index (Phi) is 7.14. The van der Waals surface area contributed by atoms with Crippen molar-refractivity contribution in [1.82, 2.24) is 15.1 Å². The van der Waals surface area contributed by atoms with Crippen LogP contribution in [-0.4, -0.2) is 45.5 Å². The Labute approximate surface area is 203 Å². The molecule has 4 rings (SSSR count). The first-order valence-corrected chi connectivity index (χ1v) is 11.5. The van der Waals surface area contributed by atoms with Crippen LogP contribution >= 0.6 is 0 Å². The lowest BCUT2D eigenvalue weighted by Gasteiger charge is -2.14. The van der Waals surface area contributed by atoms with Crippen molar-refractivity contribution < 1.29 is 24.2 Å². The Bertz CT molecular complexity index is 1210. The molecule has 1 heterocycles. The molecule has 9 heteroatoms. The highest BCUT2D eigenvalue weighted by Crippen LogP contribution is 2.44. The minimum Gasteiger partial charge on any atom is -0.481 e. The standard InChI is InChI=1S/C26H28N4O5/c1-16(8-7-13-24(31)32)27-25(33)22-14-23(29-30(22)2)28-26(34)35-15-21-19-11-5-3-9-17(19)18-10-4-6-12-20(18)21/h3-6,9-12,14,16,21H,7-8,13,15H2,1-2H3,(H,27,33)(H,31,32)(H,28,29,34). The van der Waals surface area contributed by atoms with Crippen molar-refractivity contribution in [2.75, 3.05) is 11.9 Å². The van der Waals surface area contributed by atoms with Crippen LogP contribution in [0.5, 0.6) is 0 Å². The SMILES string of the molecule is CC(CCCC(=O)O)NC(=O)c1cc(NC(=O)OCC2c3ccccc3-c3ccccc32)nn1C. The predicted octanol–water partition coefficient (Wildman–Crippen LogP) is 4.15. The van der Waals surface area contributed by atoms with Crippen LogP contribution in [-0.2, 0) is 16.6 Å². The summed E-state index contributed by atoms with van der Waals surface area (Å²) in [5, 5.41) is 18.3. The first kappa shape index (κ1) is 24.0. The molecule has 0 aliphatic heterocycles. The number of aliphatic carboxylic acids is 1. The Hall–Kier alpha value is -4.14. The van der Waals surface area contributed by atoms with Crippen molar-refractivity contribution in [3.05, 3.63) is 71.4 Å². The van der Waals surface area contributed by atoms with Crippen LogP contribution in [0.15, 0.2) is 54.6 Å². The van der Waals surface area contributed by atoms with Gasteiger partial charge in [0, 0.05) is 31.5 Å². The molecular formula is C26H28N4O5. The van der Waals surface area contributed by atoms with E-state index in [9.17, 15) is 14.4 Å². The molecule has 1 aromatic heterocycles. The minimum atomic E-state index is -0.862. The smallest absolute Gasteiger partial charge is 0.412 e. The molecule has 1 aliphatic rings. The molecule has 1 atom stereocenters. The summed E-state index contributed by atoms with van der Waals surface area (Å²) < 4.78 is 6.91. The number of benzene rings is 2. The third-order valence-corrected chi connectivity index (χ3v) is 6.09. The lowest BCUT2D eigenvalue weighted by atomic mass is 9.98. The lowest BCUT2D eigenvalue weighted by Crippen LogP contribution is -2.33. The highest BCUT2D eigenvalue weighted by atomic mass is 16.5. The number of ether oxygens (including phenoxy) is 1. The first-order valence-electron chi connectivity index (χ1n) is 11.5. The van der Waals surface area contributed by atoms with Gasteiger partial charge in [0.05, 0.1) is 0 Å². The molecule has 0 spiro atoms. The number of carbonyl (C=O) groups is 3. The molecule has 3 N–H and O–H groups in total. The molecule has 2 aromatic carbocycles. The molecule has 1 unspecified atom stereocenters. The van der Waals surface area contributed by atoms with E-state index in [4.69, 9.17) is 9.84 Å². The number of nitrogens with one attached hydrogen (secondary N) is 2. The quantitative estimate of drug-likeness (QED) is 0.426. The van der Waals surface area contributed by atoms with Crippen molar-refractivity contribution in [3.8, 4) is 11.1 Å². The van der Waals surface area contributed by atoms with Crippen molar-refractivity contribution >= 4 is 23.8 Å². The summed E-state index contributed by atoms with van der Waals surface area (Å²) in [4.78, 5) is 35.7. The van der Waals surface area contributed by atoms with Crippen LogP contribution in [0.1, 0.15) is 53.7 Å². The molecule has 9 nitrogen and oxygen atoms in total. The number of aryl methyl sites for hydroxylation is 1. The van der Waals surface area contributed by atoms with E-state index in [2.05, 4.69) is 27.9 Å². The molecular weight excluding hydrogens is 448 g/mol. The summed E-state index contributed by atoms with van der Waals surface area (Å²) in [6, 6.07) is 17.5. The van der Waals surface area contributed by atoms with Crippen molar-refractivity contribution in [2.45, 2.75) is 38.1 Å². The fourth-order valence-corrected chi connectivity index (χ4v) is 4.41. The zero-order valence-corrected chi connectivity index (χ0v) is 19.7. The van der Waals surface area contributed by atoms with Crippen LogP contribution in [0.3, 0.4) is 0 Å². The second-order valence-corrected chi connectivity index (χ2v) is 8.65. The number of fused-ring (bicyclic) bond motifs is 3. The summed E-state index contributed by atoms with van der Waals surface area (Å²) in [5.41, 5.74) is 4.81. The van der Waals surface area contributed by atoms with E-state index in [-0.39, 0.29) is 42.4 Å². The average molecular weight is 477 g/mol. The monoisotopic (exact) mass is 476 g/mol. The van der Waals surface area contributed by atoms with Gasteiger partial charge in [0.1, 0.15) is 12.3 Å². The number of nitrogens with zero attached hydrogens (tertiary/aromatic N) is 2. The number of carboxylic acid groups (broad SMARTS) is 1. The normalized spacial score (nSPS) is 13.0. The van der Waals surface area contributed by atoms with Crippen LogP contribution in [0, 0.1) is 0 Å². The maximum Gasteiger partial charge on any atom is 0.412 e. The van der Waals surface area contributed by atoms with Gasteiger partial charge < -0.3 is 15.2 Å². The Balaban J connectivity index is 1.34. The number of hydrogen-bond acceptors (Lipinski definition) is 5. The van der Waals surface area contributed by atoms with E-state index in [1.807, 2.05) is 43.3 Å². The van der Waals surface area contributed by atoms with Gasteiger partial charge in [-0.05, 0) is 42.0 Å². The molecule has 182 valence electrons. The fraction of sp³-hybridized carbons (Fsp3) is 0.308. The average Bonchev–Trinajstić information content (AvgIpc) is 3.34. The predicted molar refractivity (Wildman–Crippen MR) is 130 cm³/mol. The van der Waals surface area contributed by atoms with Crippen LogP contribution < -0.4 is 10.6 Å². The summed E-state index contributed by atoms with van der Waals surface area (Å²) in [7, 11) is 1.60. The highest BCUT2D eigenvalue weighted by molar-refractivity contribution is 5.94. The number of carboxylic acids is 1. The van der Waals surface area contributed by atoms with Gasteiger partial charge in [-0.1, -0.05) is 48.5 Å². The molecule has 3 aromatic rings. The molecule has 0 fully saturated rings.